The molecular weight excluding hydrogens is 322 g/mol. The highest BCUT2D eigenvalue weighted by atomic mass is 32.2. The molecule has 0 radical (unpaired) electrons. The maximum Gasteiger partial charge on any atom is 0.280 e. The summed E-state index contributed by atoms with van der Waals surface area (Å²) in [5.74, 6) is 1.24. The molecule has 0 aromatic carbocycles. The summed E-state index contributed by atoms with van der Waals surface area (Å²) < 4.78 is 25.9. The van der Waals surface area contributed by atoms with Crippen molar-refractivity contribution < 1.29 is 8.78 Å². The quantitative estimate of drug-likeness (QED) is 0.626. The molecule has 3 rings (SSSR count). The van der Waals surface area contributed by atoms with Crippen LogP contribution in [-0.4, -0.2) is 52.4 Å². The number of piperazine rings is 1. The minimum absolute atomic E-state index is 0.229. The Labute approximate surface area is 137 Å². The van der Waals surface area contributed by atoms with Crippen LogP contribution in [0.25, 0.3) is 0 Å². The zero-order valence-electron chi connectivity index (χ0n) is 12.6. The van der Waals surface area contributed by atoms with Crippen LogP contribution in [0.3, 0.4) is 0 Å². The third kappa shape index (κ3) is 3.66. The summed E-state index contributed by atoms with van der Waals surface area (Å²) >= 11 is 1.26. The van der Waals surface area contributed by atoms with Crippen LogP contribution < -0.4 is 9.80 Å². The van der Waals surface area contributed by atoms with Gasteiger partial charge >= 0.3 is 0 Å². The Morgan fingerprint density at radius 1 is 1.04 bits per heavy atom. The predicted molar refractivity (Wildman–Crippen MR) is 85.2 cm³/mol. The Bertz CT molecular complexity index is 649. The molecule has 1 saturated heterocycles. The molecule has 0 N–H and O–H groups in total. The topological polar surface area (TPSA) is 58.0 Å². The van der Waals surface area contributed by atoms with Crippen molar-refractivity contribution in [2.45, 2.75) is 11.6 Å². The van der Waals surface area contributed by atoms with Crippen LogP contribution >= 0.6 is 11.8 Å². The first-order chi connectivity index (χ1) is 11.2. The molecule has 0 saturated carbocycles. The number of thioether (sulfide) groups is 1. The van der Waals surface area contributed by atoms with Crippen molar-refractivity contribution in [2.24, 2.45) is 0 Å². The molecule has 23 heavy (non-hydrogen) atoms. The molecule has 0 bridgehead atoms. The van der Waals surface area contributed by atoms with Crippen molar-refractivity contribution in [1.29, 1.82) is 0 Å². The van der Waals surface area contributed by atoms with Gasteiger partial charge in [0.1, 0.15) is 11.5 Å². The standard InChI is InChI=1S/C14H16F2N6S/c1-23-14-19-10(12(15)16)9-11(20-14)21-5-7-22(8-6-21)13-17-3-2-4-18-13/h2-4,9,12H,5-8H2,1H3. The van der Waals surface area contributed by atoms with Crippen LogP contribution in [0.4, 0.5) is 20.5 Å². The summed E-state index contributed by atoms with van der Waals surface area (Å²) in [6, 6.07) is 3.15. The van der Waals surface area contributed by atoms with E-state index in [0.29, 0.717) is 43.1 Å². The van der Waals surface area contributed by atoms with Gasteiger partial charge in [0.05, 0.1) is 0 Å². The highest BCUT2D eigenvalue weighted by Gasteiger charge is 2.22. The second-order valence-corrected chi connectivity index (χ2v) is 5.73. The fourth-order valence-corrected chi connectivity index (χ4v) is 2.77. The van der Waals surface area contributed by atoms with Crippen LogP contribution in [0.5, 0.6) is 0 Å². The van der Waals surface area contributed by atoms with Gasteiger partial charge in [0.25, 0.3) is 6.43 Å². The Hall–Kier alpha value is -2.03. The SMILES string of the molecule is CSc1nc(C(F)F)cc(N2CCN(c3ncccn3)CC2)n1. The molecule has 6 nitrogen and oxygen atoms in total. The number of nitrogens with zero attached hydrogens (tertiary/aromatic N) is 6. The molecule has 0 unspecified atom stereocenters. The number of alkyl halides is 2. The van der Waals surface area contributed by atoms with E-state index in [0.717, 1.165) is 0 Å². The Kier molecular flexibility index (Phi) is 4.85. The van der Waals surface area contributed by atoms with Gasteiger partial charge in [-0.3, -0.25) is 0 Å². The molecule has 1 aliphatic heterocycles. The lowest BCUT2D eigenvalue weighted by Crippen LogP contribution is -2.47. The molecule has 1 aliphatic rings. The zero-order chi connectivity index (χ0) is 16.2. The highest BCUT2D eigenvalue weighted by Crippen LogP contribution is 2.25. The molecule has 2 aromatic rings. The van der Waals surface area contributed by atoms with Gasteiger partial charge in [-0.15, -0.1) is 0 Å². The second-order valence-electron chi connectivity index (χ2n) is 4.96. The third-order valence-electron chi connectivity index (χ3n) is 3.56. The van der Waals surface area contributed by atoms with Crippen molar-refractivity contribution in [3.05, 3.63) is 30.2 Å². The van der Waals surface area contributed by atoms with Gasteiger partial charge in [-0.2, -0.15) is 0 Å². The van der Waals surface area contributed by atoms with Crippen molar-refractivity contribution in [1.82, 2.24) is 19.9 Å². The van der Waals surface area contributed by atoms with Crippen LogP contribution in [0.2, 0.25) is 0 Å². The molecule has 0 atom stereocenters. The average Bonchev–Trinajstić information content (AvgIpc) is 2.62. The Morgan fingerprint density at radius 2 is 1.70 bits per heavy atom. The van der Waals surface area contributed by atoms with Gasteiger partial charge in [0, 0.05) is 44.6 Å². The minimum atomic E-state index is -2.60. The third-order valence-corrected chi connectivity index (χ3v) is 4.10. The van der Waals surface area contributed by atoms with Gasteiger partial charge in [-0.05, 0) is 12.3 Å². The average molecular weight is 338 g/mol. The van der Waals surface area contributed by atoms with Gasteiger partial charge in [0.15, 0.2) is 5.16 Å². The van der Waals surface area contributed by atoms with Gasteiger partial charge in [-0.25, -0.2) is 28.7 Å². The van der Waals surface area contributed by atoms with Gasteiger partial charge < -0.3 is 9.80 Å². The van der Waals surface area contributed by atoms with E-state index in [2.05, 4.69) is 24.8 Å². The normalized spacial score (nSPS) is 15.3. The summed E-state index contributed by atoms with van der Waals surface area (Å²) in [4.78, 5) is 20.7. The first-order valence-electron chi connectivity index (χ1n) is 7.15. The van der Waals surface area contributed by atoms with E-state index in [4.69, 9.17) is 0 Å². The summed E-state index contributed by atoms with van der Waals surface area (Å²) in [6.07, 6.45) is 2.60. The van der Waals surface area contributed by atoms with E-state index in [9.17, 15) is 8.78 Å². The molecule has 0 amide bonds. The van der Waals surface area contributed by atoms with Crippen LogP contribution in [0, 0.1) is 0 Å². The van der Waals surface area contributed by atoms with Crippen molar-refractivity contribution in [3.8, 4) is 0 Å². The fraction of sp³-hybridized carbons (Fsp3) is 0.429. The second kappa shape index (κ2) is 7.03. The number of halogens is 2. The molecule has 9 heteroatoms. The fourth-order valence-electron chi connectivity index (χ4n) is 2.39. The summed E-state index contributed by atoms with van der Waals surface area (Å²) in [5, 5.41) is 0.367. The largest absolute Gasteiger partial charge is 0.353 e. The molecular formula is C14H16F2N6S. The van der Waals surface area contributed by atoms with Gasteiger partial charge in [0.2, 0.25) is 5.95 Å². The van der Waals surface area contributed by atoms with Crippen LogP contribution in [0.15, 0.2) is 29.7 Å². The maximum absolute atomic E-state index is 13.0. The van der Waals surface area contributed by atoms with E-state index in [1.165, 1.54) is 17.8 Å². The lowest BCUT2D eigenvalue weighted by molar-refractivity contribution is 0.145. The Morgan fingerprint density at radius 3 is 2.30 bits per heavy atom. The molecule has 0 spiro atoms. The summed E-state index contributed by atoms with van der Waals surface area (Å²) in [5.41, 5.74) is -0.229. The first kappa shape index (κ1) is 15.9. The first-order valence-corrected chi connectivity index (χ1v) is 8.38. The van der Waals surface area contributed by atoms with E-state index in [1.807, 2.05) is 4.90 Å². The van der Waals surface area contributed by atoms with E-state index < -0.39 is 6.43 Å². The van der Waals surface area contributed by atoms with Gasteiger partial charge in [-0.1, -0.05) is 11.8 Å². The van der Waals surface area contributed by atoms with Crippen molar-refractivity contribution in [3.63, 3.8) is 0 Å². The molecule has 3 heterocycles. The van der Waals surface area contributed by atoms with Crippen molar-refractivity contribution >= 4 is 23.5 Å². The number of anilines is 2. The minimum Gasteiger partial charge on any atom is -0.353 e. The van der Waals surface area contributed by atoms with Crippen molar-refractivity contribution in [2.75, 3.05) is 42.2 Å². The smallest absolute Gasteiger partial charge is 0.280 e. The molecule has 0 aliphatic carbocycles. The maximum atomic E-state index is 13.0. The number of rotatable bonds is 4. The molecule has 2 aromatic heterocycles. The van der Waals surface area contributed by atoms with Crippen LogP contribution in [-0.2, 0) is 0 Å². The highest BCUT2D eigenvalue weighted by molar-refractivity contribution is 7.98. The predicted octanol–water partition coefficient (Wildman–Crippen LogP) is 2.25. The number of hydrogen-bond donors (Lipinski definition) is 0. The zero-order valence-corrected chi connectivity index (χ0v) is 13.4. The summed E-state index contributed by atoms with van der Waals surface area (Å²) in [6.45, 7) is 2.77. The van der Waals surface area contributed by atoms with Crippen LogP contribution in [0.1, 0.15) is 12.1 Å². The molecule has 122 valence electrons. The monoisotopic (exact) mass is 338 g/mol. The summed E-state index contributed by atoms with van der Waals surface area (Å²) in [7, 11) is 0. The lowest BCUT2D eigenvalue weighted by Gasteiger charge is -2.35. The molecule has 1 fully saturated rings. The lowest BCUT2D eigenvalue weighted by atomic mass is 10.3. The van der Waals surface area contributed by atoms with E-state index >= 15 is 0 Å². The van der Waals surface area contributed by atoms with E-state index in [-0.39, 0.29) is 5.69 Å². The number of hydrogen-bond acceptors (Lipinski definition) is 7. The Balaban J connectivity index is 1.73. The van der Waals surface area contributed by atoms with E-state index in [1.54, 1.807) is 24.7 Å². The number of aromatic nitrogens is 4.